The van der Waals surface area contributed by atoms with Gasteiger partial charge in [-0.15, -0.1) is 0 Å². The number of nitrogens with two attached hydrogens (primary N) is 1. The number of aromatic hydroxyl groups is 1. The zero-order chi connectivity index (χ0) is 21.5. The molecule has 0 amide bonds. The van der Waals surface area contributed by atoms with Crippen molar-refractivity contribution in [3.8, 4) is 16.9 Å². The molecule has 30 heavy (non-hydrogen) atoms. The lowest BCUT2D eigenvalue weighted by Crippen LogP contribution is -2.27. The average molecular weight is 409 g/mol. The minimum absolute atomic E-state index is 0.0407. The molecular weight excluding hydrogens is 380 g/mol. The summed E-state index contributed by atoms with van der Waals surface area (Å²) in [5, 5.41) is 25.2. The second-order valence-electron chi connectivity index (χ2n) is 8.78. The highest BCUT2D eigenvalue weighted by Crippen LogP contribution is 2.35. The van der Waals surface area contributed by atoms with E-state index in [1.54, 1.807) is 24.5 Å². The number of nitrogen functional groups attached to an aromatic ring is 1. The number of rotatable bonds is 4. The fraction of sp³-hybridized carbons (Fsp3) is 0.409. The normalized spacial score (nSPS) is 16.1. The molecule has 1 fully saturated rings. The molecule has 5 N–H and O–H groups in total. The van der Waals surface area contributed by atoms with Gasteiger partial charge in [0.15, 0.2) is 0 Å². The molecule has 0 saturated carbocycles. The summed E-state index contributed by atoms with van der Waals surface area (Å²) >= 11 is 0. The van der Waals surface area contributed by atoms with Crippen LogP contribution >= 0.6 is 0 Å². The van der Waals surface area contributed by atoms with Crippen LogP contribution in [-0.4, -0.2) is 48.7 Å². The molecule has 4 rings (SSSR count). The van der Waals surface area contributed by atoms with Crippen molar-refractivity contribution >= 4 is 22.7 Å². The van der Waals surface area contributed by atoms with E-state index in [4.69, 9.17) is 5.73 Å². The average Bonchev–Trinajstić information content (AvgIpc) is 3.21. The molecule has 0 radical (unpaired) electrons. The predicted molar refractivity (Wildman–Crippen MR) is 118 cm³/mol. The van der Waals surface area contributed by atoms with E-state index in [1.165, 1.54) is 0 Å². The van der Waals surface area contributed by atoms with E-state index in [-0.39, 0.29) is 11.3 Å². The fourth-order valence-electron chi connectivity index (χ4n) is 3.76. The summed E-state index contributed by atoms with van der Waals surface area (Å²) < 4.78 is 0. The number of aliphatic hydroxyl groups is 1. The van der Waals surface area contributed by atoms with Gasteiger partial charge in [0, 0.05) is 42.1 Å². The highest BCUT2D eigenvalue weighted by Gasteiger charge is 2.24. The minimum Gasteiger partial charge on any atom is -0.507 e. The van der Waals surface area contributed by atoms with E-state index >= 15 is 0 Å². The third-order valence-corrected chi connectivity index (χ3v) is 5.25. The predicted octanol–water partition coefficient (Wildman–Crippen LogP) is 3.28. The molecule has 0 aliphatic carbocycles. The Morgan fingerprint density at radius 3 is 2.53 bits per heavy atom. The highest BCUT2D eigenvalue weighted by molar-refractivity contribution is 5.98. The molecule has 1 atom stereocenters. The van der Waals surface area contributed by atoms with Crippen molar-refractivity contribution in [1.29, 1.82) is 0 Å². The van der Waals surface area contributed by atoms with Gasteiger partial charge in [-0.1, -0.05) is 12.1 Å². The van der Waals surface area contributed by atoms with Crippen LogP contribution in [0.3, 0.4) is 0 Å². The Balaban J connectivity index is 1.75. The first-order valence-corrected chi connectivity index (χ1v) is 10.2. The number of aliphatic hydroxyl groups excluding tert-OH is 1. The molecule has 8 heteroatoms. The van der Waals surface area contributed by atoms with Crippen LogP contribution in [0.4, 0.5) is 11.8 Å². The zero-order valence-electron chi connectivity index (χ0n) is 17.6. The molecule has 3 heterocycles. The van der Waals surface area contributed by atoms with Gasteiger partial charge < -0.3 is 21.3 Å². The van der Waals surface area contributed by atoms with Gasteiger partial charge in [0.2, 0.25) is 5.95 Å². The summed E-state index contributed by atoms with van der Waals surface area (Å²) in [6.07, 6.45) is 4.62. The van der Waals surface area contributed by atoms with Crippen LogP contribution in [-0.2, 0) is 0 Å². The van der Waals surface area contributed by atoms with Gasteiger partial charge in [0.25, 0.3) is 0 Å². The van der Waals surface area contributed by atoms with E-state index in [1.807, 2.05) is 31.7 Å². The Hall–Kier alpha value is -2.97. The van der Waals surface area contributed by atoms with Gasteiger partial charge in [0.05, 0.1) is 10.9 Å². The molecule has 1 aliphatic rings. The summed E-state index contributed by atoms with van der Waals surface area (Å²) in [7, 11) is 0. The van der Waals surface area contributed by atoms with Crippen molar-refractivity contribution < 1.29 is 10.2 Å². The quantitative estimate of drug-likeness (QED) is 0.519. The first-order valence-electron chi connectivity index (χ1n) is 10.2. The number of fused-ring (bicyclic) bond motifs is 1. The van der Waals surface area contributed by atoms with Crippen molar-refractivity contribution in [2.45, 2.75) is 45.4 Å². The minimum atomic E-state index is -0.812. The maximum Gasteiger partial charge on any atom is 0.223 e. The highest BCUT2D eigenvalue weighted by atomic mass is 16.3. The number of likely N-dealkylation sites (tertiary alicyclic amines) is 1. The van der Waals surface area contributed by atoms with Crippen LogP contribution in [0, 0.1) is 0 Å². The van der Waals surface area contributed by atoms with Gasteiger partial charge in [-0.05, 0) is 45.2 Å². The topological polar surface area (TPSA) is 120 Å². The van der Waals surface area contributed by atoms with E-state index in [9.17, 15) is 10.2 Å². The van der Waals surface area contributed by atoms with Gasteiger partial charge in [-0.2, -0.15) is 0 Å². The number of benzene rings is 1. The summed E-state index contributed by atoms with van der Waals surface area (Å²) in [4.78, 5) is 15.3. The molecule has 1 aromatic carbocycles. The second-order valence-corrected chi connectivity index (χ2v) is 8.78. The molecular formula is C22H28N6O2. The molecule has 158 valence electrons. The van der Waals surface area contributed by atoms with Gasteiger partial charge in [-0.25, -0.2) is 15.0 Å². The monoisotopic (exact) mass is 408 g/mol. The summed E-state index contributed by atoms with van der Waals surface area (Å²) in [6.45, 7) is 7.76. The Bertz CT molecular complexity index is 1070. The number of anilines is 2. The van der Waals surface area contributed by atoms with Crippen LogP contribution < -0.4 is 11.1 Å². The molecule has 2 aromatic heterocycles. The van der Waals surface area contributed by atoms with Gasteiger partial charge >= 0.3 is 0 Å². The lowest BCUT2D eigenvalue weighted by Gasteiger charge is -2.23. The van der Waals surface area contributed by atoms with E-state index in [0.717, 1.165) is 37.1 Å². The van der Waals surface area contributed by atoms with Crippen LogP contribution in [0.15, 0.2) is 30.6 Å². The third-order valence-electron chi connectivity index (χ3n) is 5.25. The lowest BCUT2D eigenvalue weighted by molar-refractivity contribution is 0.0173. The summed E-state index contributed by atoms with van der Waals surface area (Å²) in [5.74, 6) is 0.882. The Morgan fingerprint density at radius 1 is 1.13 bits per heavy atom. The zero-order valence-corrected chi connectivity index (χ0v) is 17.6. The number of nitrogens with zero attached hydrogens (tertiary/aromatic N) is 4. The SMILES string of the molecule is CC(C)(C)Nc1ncc2c(N)ncc(-c3ccc(C(O)N4CCCC4)c(O)c3)c2n1. The Morgan fingerprint density at radius 2 is 1.87 bits per heavy atom. The number of hydrogen-bond donors (Lipinski definition) is 4. The van der Waals surface area contributed by atoms with Crippen LogP contribution in [0.2, 0.25) is 0 Å². The Kier molecular flexibility index (Phi) is 5.21. The summed E-state index contributed by atoms with van der Waals surface area (Å²) in [6, 6.07) is 5.26. The van der Waals surface area contributed by atoms with Crippen LogP contribution in [0.1, 0.15) is 45.4 Å². The largest absolute Gasteiger partial charge is 0.507 e. The second kappa shape index (κ2) is 7.70. The number of aromatic nitrogens is 3. The third kappa shape index (κ3) is 4.01. The molecule has 1 unspecified atom stereocenters. The smallest absolute Gasteiger partial charge is 0.223 e. The standard InChI is InChI=1S/C22H28N6O2/c1-22(2,3)27-21-25-12-16-18(26-21)15(11-24-19(16)23)13-6-7-14(17(29)10-13)20(30)28-8-4-5-9-28/h6-7,10-12,20,29-30H,4-5,8-9H2,1-3H3,(H2,23,24)(H,25,26,27). The first-order chi connectivity index (χ1) is 14.2. The fourth-order valence-corrected chi connectivity index (χ4v) is 3.76. The summed E-state index contributed by atoms with van der Waals surface area (Å²) in [5.41, 5.74) is 8.47. The molecule has 0 spiro atoms. The number of phenolic OH excluding ortho intramolecular Hbond substituents is 1. The maximum absolute atomic E-state index is 10.6. The number of nitrogens with one attached hydrogen (secondary N) is 1. The molecule has 8 nitrogen and oxygen atoms in total. The number of phenols is 1. The van der Waals surface area contributed by atoms with Crippen molar-refractivity contribution in [2.75, 3.05) is 24.1 Å². The first kappa shape index (κ1) is 20.3. The van der Waals surface area contributed by atoms with E-state index in [0.29, 0.717) is 28.2 Å². The van der Waals surface area contributed by atoms with Crippen molar-refractivity contribution in [3.05, 3.63) is 36.2 Å². The molecule has 1 saturated heterocycles. The number of pyridine rings is 1. The molecule has 0 bridgehead atoms. The molecule has 3 aromatic rings. The lowest BCUT2D eigenvalue weighted by atomic mass is 10.0. The van der Waals surface area contributed by atoms with Crippen LogP contribution in [0.5, 0.6) is 5.75 Å². The van der Waals surface area contributed by atoms with Gasteiger partial charge in [0.1, 0.15) is 17.8 Å². The van der Waals surface area contributed by atoms with Gasteiger partial charge in [-0.3, -0.25) is 4.90 Å². The van der Waals surface area contributed by atoms with Crippen molar-refractivity contribution in [1.82, 2.24) is 19.9 Å². The van der Waals surface area contributed by atoms with E-state index in [2.05, 4.69) is 20.3 Å². The maximum atomic E-state index is 10.6. The van der Waals surface area contributed by atoms with Crippen LogP contribution in [0.25, 0.3) is 22.0 Å². The Labute approximate surface area is 175 Å². The number of hydrogen-bond acceptors (Lipinski definition) is 8. The van der Waals surface area contributed by atoms with E-state index < -0.39 is 6.23 Å². The molecule has 1 aliphatic heterocycles. The van der Waals surface area contributed by atoms with Crippen molar-refractivity contribution in [2.24, 2.45) is 0 Å². The van der Waals surface area contributed by atoms with Crippen molar-refractivity contribution in [3.63, 3.8) is 0 Å².